The molecule has 0 aromatic heterocycles. The van der Waals surface area contributed by atoms with Crippen LogP contribution >= 0.6 is 11.8 Å². The largest absolute Gasteiger partial charge is 0.358 e. The zero-order chi connectivity index (χ0) is 16.3. The van der Waals surface area contributed by atoms with Gasteiger partial charge in [0.15, 0.2) is 4.75 Å². The highest BCUT2D eigenvalue weighted by Gasteiger charge is 2.48. The SMILES string of the molecule is CCN1C(=O)C(C)(C(=O)NCC(=O)NC)Sc2ccccc21. The van der Waals surface area contributed by atoms with Crippen molar-refractivity contribution in [3.05, 3.63) is 24.3 Å². The van der Waals surface area contributed by atoms with Crippen LogP contribution in [0.4, 0.5) is 5.69 Å². The second kappa shape index (κ2) is 6.39. The molecule has 118 valence electrons. The number of hydrogen-bond acceptors (Lipinski definition) is 4. The van der Waals surface area contributed by atoms with Crippen molar-refractivity contribution in [3.63, 3.8) is 0 Å². The third-order valence-corrected chi connectivity index (χ3v) is 4.89. The van der Waals surface area contributed by atoms with Crippen LogP contribution in [0.1, 0.15) is 13.8 Å². The number of anilines is 1. The molecule has 0 spiro atoms. The second-order valence-corrected chi connectivity index (χ2v) is 6.47. The molecule has 1 aliphatic rings. The second-order valence-electron chi connectivity index (χ2n) is 5.01. The molecule has 0 saturated heterocycles. The highest BCUT2D eigenvalue weighted by atomic mass is 32.2. The molecule has 0 radical (unpaired) electrons. The van der Waals surface area contributed by atoms with E-state index < -0.39 is 10.7 Å². The summed E-state index contributed by atoms with van der Waals surface area (Å²) in [6.45, 7) is 3.80. The molecule has 2 N–H and O–H groups in total. The van der Waals surface area contributed by atoms with Gasteiger partial charge in [-0.25, -0.2) is 0 Å². The molecule has 2 rings (SSSR count). The van der Waals surface area contributed by atoms with E-state index in [0.717, 1.165) is 10.6 Å². The van der Waals surface area contributed by atoms with Crippen LogP contribution in [-0.4, -0.2) is 42.6 Å². The molecule has 0 fully saturated rings. The average molecular weight is 321 g/mol. The fourth-order valence-corrected chi connectivity index (χ4v) is 3.50. The Morgan fingerprint density at radius 3 is 2.64 bits per heavy atom. The molecule has 1 heterocycles. The summed E-state index contributed by atoms with van der Waals surface area (Å²) in [7, 11) is 1.49. The molecule has 22 heavy (non-hydrogen) atoms. The van der Waals surface area contributed by atoms with E-state index in [1.54, 1.807) is 11.8 Å². The lowest BCUT2D eigenvalue weighted by atomic mass is 10.1. The summed E-state index contributed by atoms with van der Waals surface area (Å²) in [5.41, 5.74) is 0.816. The summed E-state index contributed by atoms with van der Waals surface area (Å²) in [6.07, 6.45) is 0. The first kappa shape index (κ1) is 16.4. The monoisotopic (exact) mass is 321 g/mol. The lowest BCUT2D eigenvalue weighted by molar-refractivity contribution is -0.132. The Balaban J connectivity index is 2.29. The van der Waals surface area contributed by atoms with Gasteiger partial charge in [0, 0.05) is 18.5 Å². The Morgan fingerprint density at radius 1 is 1.32 bits per heavy atom. The Kier molecular flexibility index (Phi) is 4.75. The predicted octanol–water partition coefficient (Wildman–Crippen LogP) is 0.766. The van der Waals surface area contributed by atoms with Crippen LogP contribution < -0.4 is 15.5 Å². The van der Waals surface area contributed by atoms with Gasteiger partial charge in [0.25, 0.3) is 5.91 Å². The van der Waals surface area contributed by atoms with E-state index >= 15 is 0 Å². The summed E-state index contributed by atoms with van der Waals surface area (Å²) in [5.74, 6) is -1.04. The minimum absolute atomic E-state index is 0.146. The molecule has 0 saturated carbocycles. The molecule has 1 atom stereocenters. The number of carbonyl (C=O) groups is 3. The van der Waals surface area contributed by atoms with Gasteiger partial charge in [-0.1, -0.05) is 23.9 Å². The minimum atomic E-state index is -1.28. The first-order valence-electron chi connectivity index (χ1n) is 7.03. The van der Waals surface area contributed by atoms with Crippen LogP contribution in [0.3, 0.4) is 0 Å². The van der Waals surface area contributed by atoms with Crippen LogP contribution in [0.2, 0.25) is 0 Å². The van der Waals surface area contributed by atoms with Crippen molar-refractivity contribution in [1.29, 1.82) is 0 Å². The number of thioether (sulfide) groups is 1. The molecular weight excluding hydrogens is 302 g/mol. The van der Waals surface area contributed by atoms with Crippen LogP contribution in [0.25, 0.3) is 0 Å². The summed E-state index contributed by atoms with van der Waals surface area (Å²) in [6, 6.07) is 7.49. The lowest BCUT2D eigenvalue weighted by Gasteiger charge is -2.38. The quantitative estimate of drug-likeness (QED) is 0.803. The highest BCUT2D eigenvalue weighted by Crippen LogP contribution is 2.45. The molecule has 1 aliphatic heterocycles. The topological polar surface area (TPSA) is 78.5 Å². The van der Waals surface area contributed by atoms with Crippen molar-refractivity contribution in [1.82, 2.24) is 10.6 Å². The smallest absolute Gasteiger partial charge is 0.252 e. The van der Waals surface area contributed by atoms with Gasteiger partial charge in [0.05, 0.1) is 12.2 Å². The number of benzene rings is 1. The molecule has 1 unspecified atom stereocenters. The van der Waals surface area contributed by atoms with Gasteiger partial charge < -0.3 is 15.5 Å². The first-order chi connectivity index (χ1) is 10.4. The van der Waals surface area contributed by atoms with Gasteiger partial charge in [-0.05, 0) is 26.0 Å². The van der Waals surface area contributed by atoms with Gasteiger partial charge in [0.2, 0.25) is 11.8 Å². The first-order valence-corrected chi connectivity index (χ1v) is 7.84. The Labute approximate surface area is 133 Å². The molecule has 0 aliphatic carbocycles. The van der Waals surface area contributed by atoms with Crippen molar-refractivity contribution < 1.29 is 14.4 Å². The number of amides is 3. The van der Waals surface area contributed by atoms with Gasteiger partial charge in [0.1, 0.15) is 0 Å². The minimum Gasteiger partial charge on any atom is -0.358 e. The van der Waals surface area contributed by atoms with Crippen LogP contribution in [0, 0.1) is 0 Å². The zero-order valence-corrected chi connectivity index (χ0v) is 13.6. The van der Waals surface area contributed by atoms with E-state index in [2.05, 4.69) is 10.6 Å². The fraction of sp³-hybridized carbons (Fsp3) is 0.400. The number of carbonyl (C=O) groups excluding carboxylic acids is 3. The van der Waals surface area contributed by atoms with E-state index in [1.165, 1.54) is 18.8 Å². The van der Waals surface area contributed by atoms with Gasteiger partial charge >= 0.3 is 0 Å². The normalized spacial score (nSPS) is 20.3. The lowest BCUT2D eigenvalue weighted by Crippen LogP contribution is -2.57. The van der Waals surface area contributed by atoms with E-state index in [0.29, 0.717) is 6.54 Å². The Morgan fingerprint density at radius 2 is 2.00 bits per heavy atom. The summed E-state index contributed by atoms with van der Waals surface area (Å²) < 4.78 is -1.28. The van der Waals surface area contributed by atoms with E-state index in [-0.39, 0.29) is 18.4 Å². The summed E-state index contributed by atoms with van der Waals surface area (Å²) >= 11 is 1.22. The summed E-state index contributed by atoms with van der Waals surface area (Å²) in [4.78, 5) is 39.0. The predicted molar refractivity (Wildman–Crippen MR) is 85.8 cm³/mol. The highest BCUT2D eigenvalue weighted by molar-refractivity contribution is 8.02. The standard InChI is InChI=1S/C15H19N3O3S/c1-4-18-10-7-5-6-8-11(10)22-15(2,14(18)21)13(20)17-9-12(19)16-3/h5-8H,4,9H2,1-3H3,(H,16,19)(H,17,20). The number of fused-ring (bicyclic) bond motifs is 1. The molecule has 3 amide bonds. The summed E-state index contributed by atoms with van der Waals surface area (Å²) in [5, 5.41) is 4.96. The average Bonchev–Trinajstić information content (AvgIpc) is 2.53. The maximum Gasteiger partial charge on any atom is 0.252 e. The maximum absolute atomic E-state index is 12.7. The van der Waals surface area contributed by atoms with Crippen LogP contribution in [0.5, 0.6) is 0 Å². The van der Waals surface area contributed by atoms with E-state index in [4.69, 9.17) is 0 Å². The number of rotatable bonds is 4. The molecule has 6 nitrogen and oxygen atoms in total. The van der Waals surface area contributed by atoms with Crippen molar-refractivity contribution in [3.8, 4) is 0 Å². The molecule has 1 aromatic rings. The molecular formula is C15H19N3O3S. The third kappa shape index (κ3) is 2.81. The zero-order valence-electron chi connectivity index (χ0n) is 12.8. The maximum atomic E-state index is 12.7. The van der Waals surface area contributed by atoms with E-state index in [9.17, 15) is 14.4 Å². The number of para-hydroxylation sites is 1. The molecule has 1 aromatic carbocycles. The number of nitrogens with zero attached hydrogens (tertiary/aromatic N) is 1. The number of nitrogens with one attached hydrogen (secondary N) is 2. The van der Waals surface area contributed by atoms with Crippen molar-refractivity contribution >= 4 is 35.2 Å². The Hall–Kier alpha value is -2.02. The van der Waals surface area contributed by atoms with Crippen LogP contribution in [0.15, 0.2) is 29.2 Å². The van der Waals surface area contributed by atoms with E-state index in [1.807, 2.05) is 31.2 Å². The van der Waals surface area contributed by atoms with Crippen molar-refractivity contribution in [2.75, 3.05) is 25.0 Å². The third-order valence-electron chi connectivity index (χ3n) is 3.56. The Bertz CT molecular complexity index is 620. The van der Waals surface area contributed by atoms with Crippen LogP contribution in [-0.2, 0) is 14.4 Å². The van der Waals surface area contributed by atoms with Crippen molar-refractivity contribution in [2.24, 2.45) is 0 Å². The molecule has 7 heteroatoms. The fourth-order valence-electron chi connectivity index (χ4n) is 2.27. The van der Waals surface area contributed by atoms with Crippen molar-refractivity contribution in [2.45, 2.75) is 23.5 Å². The van der Waals surface area contributed by atoms with Gasteiger partial charge in [-0.15, -0.1) is 0 Å². The number of likely N-dealkylation sites (N-methyl/N-ethyl adjacent to an activating group) is 1. The van der Waals surface area contributed by atoms with Gasteiger partial charge in [-0.2, -0.15) is 0 Å². The van der Waals surface area contributed by atoms with Gasteiger partial charge in [-0.3, -0.25) is 14.4 Å². The number of hydrogen-bond donors (Lipinski definition) is 2. The molecule has 0 bridgehead atoms.